The van der Waals surface area contributed by atoms with Gasteiger partial charge in [-0.1, -0.05) is 6.07 Å². The lowest BCUT2D eigenvalue weighted by Crippen LogP contribution is -2.26. The molecule has 3 aromatic heterocycles. The lowest BCUT2D eigenvalue weighted by molar-refractivity contribution is 0.0205. The van der Waals surface area contributed by atoms with Crippen molar-refractivity contribution in [3.63, 3.8) is 0 Å². The van der Waals surface area contributed by atoms with Gasteiger partial charge in [0.25, 0.3) is 5.56 Å². The molecule has 0 atom stereocenters. The van der Waals surface area contributed by atoms with Gasteiger partial charge >= 0.3 is 6.16 Å². The fraction of sp³-hybridized carbons (Fsp3) is 0.300. The van der Waals surface area contributed by atoms with E-state index in [1.807, 2.05) is 19.1 Å². The zero-order valence-corrected chi connectivity index (χ0v) is 16.2. The van der Waals surface area contributed by atoms with Crippen LogP contribution in [0.4, 0.5) is 4.79 Å². The second kappa shape index (κ2) is 7.67. The number of aromatic nitrogens is 4. The number of carbonyl (C=O) groups excluding carboxylic acids is 1. The van der Waals surface area contributed by atoms with Crippen LogP contribution in [0.1, 0.15) is 37.6 Å². The van der Waals surface area contributed by atoms with Gasteiger partial charge in [-0.15, -0.1) is 0 Å². The highest BCUT2D eigenvalue weighted by Gasteiger charge is 2.18. The number of ether oxygens (including phenoxy) is 2. The Balaban J connectivity index is 1.78. The summed E-state index contributed by atoms with van der Waals surface area (Å²) in [5, 5.41) is 3.03. The summed E-state index contributed by atoms with van der Waals surface area (Å²) in [5.74, 6) is 0.618. The maximum absolute atomic E-state index is 12.8. The van der Waals surface area contributed by atoms with Gasteiger partial charge in [0.05, 0.1) is 6.20 Å². The largest absolute Gasteiger partial charge is 0.514 e. The summed E-state index contributed by atoms with van der Waals surface area (Å²) in [6.45, 7) is 7.08. The monoisotopic (exact) mass is 382 g/mol. The Kier molecular flexibility index (Phi) is 5.30. The first kappa shape index (κ1) is 19.3. The van der Waals surface area contributed by atoms with E-state index < -0.39 is 11.8 Å². The molecule has 0 bridgehead atoms. The summed E-state index contributed by atoms with van der Waals surface area (Å²) in [7, 11) is 0. The molecular formula is C20H22N4O4. The van der Waals surface area contributed by atoms with Gasteiger partial charge in [-0.2, -0.15) is 0 Å². The van der Waals surface area contributed by atoms with Gasteiger partial charge in [-0.25, -0.2) is 14.5 Å². The highest BCUT2D eigenvalue weighted by molar-refractivity contribution is 5.64. The molecule has 0 amide bonds. The normalized spacial score (nSPS) is 11.3. The molecule has 0 saturated carbocycles. The first-order valence-corrected chi connectivity index (χ1v) is 8.79. The van der Waals surface area contributed by atoms with Crippen LogP contribution in [-0.2, 0) is 11.2 Å². The van der Waals surface area contributed by atoms with Gasteiger partial charge < -0.3 is 9.47 Å². The molecule has 3 aromatic rings. The first-order chi connectivity index (χ1) is 13.2. The molecular weight excluding hydrogens is 360 g/mol. The minimum absolute atomic E-state index is 0.185. The molecule has 0 radical (unpaired) electrons. The molecule has 28 heavy (non-hydrogen) atoms. The number of aromatic amines is 1. The van der Waals surface area contributed by atoms with Gasteiger partial charge in [0.1, 0.15) is 5.60 Å². The fourth-order valence-corrected chi connectivity index (χ4v) is 2.59. The summed E-state index contributed by atoms with van der Waals surface area (Å²) in [4.78, 5) is 32.8. The Labute approximate surface area is 162 Å². The van der Waals surface area contributed by atoms with E-state index in [1.165, 1.54) is 10.9 Å². The molecule has 146 valence electrons. The van der Waals surface area contributed by atoms with Crippen LogP contribution in [-0.4, -0.2) is 31.5 Å². The van der Waals surface area contributed by atoms with E-state index in [1.54, 1.807) is 45.3 Å². The number of H-pyrrole nitrogens is 1. The summed E-state index contributed by atoms with van der Waals surface area (Å²) in [5.41, 5.74) is 1.51. The van der Waals surface area contributed by atoms with E-state index in [9.17, 15) is 9.59 Å². The molecule has 0 fully saturated rings. The number of aryl methyl sites for hydroxylation is 1. The Hall–Kier alpha value is -3.42. The molecule has 3 heterocycles. The standard InChI is InChI=1S/C20H22N4O4/c1-13-16(10-14-6-5-9-21-11-14)18(25)24(23-13)17-8-7-15(12-22-17)27-19(26)28-20(2,3)4/h5-9,11-12,23H,10H2,1-4H3. The third kappa shape index (κ3) is 4.64. The van der Waals surface area contributed by atoms with E-state index in [2.05, 4.69) is 15.1 Å². The van der Waals surface area contributed by atoms with E-state index in [0.29, 0.717) is 17.8 Å². The third-order valence-electron chi connectivity index (χ3n) is 3.84. The van der Waals surface area contributed by atoms with Crippen LogP contribution in [0, 0.1) is 6.92 Å². The molecule has 8 nitrogen and oxygen atoms in total. The van der Waals surface area contributed by atoms with Crippen molar-refractivity contribution in [1.82, 2.24) is 19.7 Å². The van der Waals surface area contributed by atoms with Crippen molar-refractivity contribution in [2.45, 2.75) is 39.7 Å². The Bertz CT molecular complexity index is 1020. The minimum Gasteiger partial charge on any atom is -0.428 e. The minimum atomic E-state index is -0.811. The summed E-state index contributed by atoms with van der Waals surface area (Å²) < 4.78 is 11.5. The predicted molar refractivity (Wildman–Crippen MR) is 103 cm³/mol. The van der Waals surface area contributed by atoms with Crippen LogP contribution in [0.15, 0.2) is 47.7 Å². The summed E-state index contributed by atoms with van der Waals surface area (Å²) in [6.07, 6.45) is 4.45. The number of rotatable bonds is 4. The van der Waals surface area contributed by atoms with Gasteiger partial charge in [0, 0.05) is 30.1 Å². The quantitative estimate of drug-likeness (QED) is 0.696. The van der Waals surface area contributed by atoms with Gasteiger partial charge in [0.15, 0.2) is 11.6 Å². The van der Waals surface area contributed by atoms with Gasteiger partial charge in [-0.3, -0.25) is 14.9 Å². The van der Waals surface area contributed by atoms with Crippen molar-refractivity contribution >= 4 is 6.16 Å². The van der Waals surface area contributed by atoms with Crippen LogP contribution < -0.4 is 10.3 Å². The number of hydrogen-bond donors (Lipinski definition) is 1. The Morgan fingerprint density at radius 1 is 1.21 bits per heavy atom. The highest BCUT2D eigenvalue weighted by Crippen LogP contribution is 2.15. The zero-order chi connectivity index (χ0) is 20.3. The average molecular weight is 382 g/mol. The summed E-state index contributed by atoms with van der Waals surface area (Å²) >= 11 is 0. The molecule has 0 aliphatic rings. The van der Waals surface area contributed by atoms with Gasteiger partial charge in [0.2, 0.25) is 0 Å². The van der Waals surface area contributed by atoms with Crippen molar-refractivity contribution < 1.29 is 14.3 Å². The van der Waals surface area contributed by atoms with E-state index in [0.717, 1.165) is 11.3 Å². The zero-order valence-electron chi connectivity index (χ0n) is 16.2. The van der Waals surface area contributed by atoms with Crippen LogP contribution in [0.5, 0.6) is 5.75 Å². The van der Waals surface area contributed by atoms with Gasteiger partial charge in [-0.05, 0) is 51.5 Å². The highest BCUT2D eigenvalue weighted by atomic mass is 16.7. The lowest BCUT2D eigenvalue weighted by atomic mass is 10.1. The first-order valence-electron chi connectivity index (χ1n) is 8.79. The number of nitrogens with one attached hydrogen (secondary N) is 1. The van der Waals surface area contributed by atoms with Crippen LogP contribution in [0.25, 0.3) is 5.82 Å². The number of nitrogens with zero attached hydrogens (tertiary/aromatic N) is 3. The molecule has 0 spiro atoms. The summed E-state index contributed by atoms with van der Waals surface area (Å²) in [6, 6.07) is 6.89. The van der Waals surface area contributed by atoms with Crippen LogP contribution in [0.3, 0.4) is 0 Å². The molecule has 0 saturated heterocycles. The molecule has 0 aromatic carbocycles. The topological polar surface area (TPSA) is 99.1 Å². The van der Waals surface area contributed by atoms with Crippen LogP contribution in [0.2, 0.25) is 0 Å². The number of hydrogen-bond acceptors (Lipinski definition) is 6. The maximum atomic E-state index is 12.8. The Morgan fingerprint density at radius 3 is 2.61 bits per heavy atom. The van der Waals surface area contributed by atoms with E-state index in [-0.39, 0.29) is 11.3 Å². The smallest absolute Gasteiger partial charge is 0.428 e. The van der Waals surface area contributed by atoms with E-state index in [4.69, 9.17) is 9.47 Å². The van der Waals surface area contributed by atoms with Crippen LogP contribution >= 0.6 is 0 Å². The predicted octanol–water partition coefficient (Wildman–Crippen LogP) is 3.17. The fourth-order valence-electron chi connectivity index (χ4n) is 2.59. The van der Waals surface area contributed by atoms with Crippen molar-refractivity contribution in [1.29, 1.82) is 0 Å². The third-order valence-corrected chi connectivity index (χ3v) is 3.84. The molecule has 1 N–H and O–H groups in total. The number of pyridine rings is 2. The van der Waals surface area contributed by atoms with Crippen molar-refractivity contribution in [3.8, 4) is 11.6 Å². The molecule has 8 heteroatoms. The Morgan fingerprint density at radius 2 is 2.00 bits per heavy atom. The van der Waals surface area contributed by atoms with Crippen molar-refractivity contribution in [2.24, 2.45) is 0 Å². The average Bonchev–Trinajstić information content (AvgIpc) is 2.90. The number of carbonyl (C=O) groups is 1. The SMILES string of the molecule is Cc1[nH]n(-c2ccc(OC(=O)OC(C)(C)C)cn2)c(=O)c1Cc1cccnc1. The second-order valence-electron chi connectivity index (χ2n) is 7.31. The molecule has 0 unspecified atom stereocenters. The van der Waals surface area contributed by atoms with Crippen molar-refractivity contribution in [3.05, 3.63) is 70.0 Å². The molecule has 3 rings (SSSR count). The lowest BCUT2D eigenvalue weighted by Gasteiger charge is -2.18. The molecule has 0 aliphatic heterocycles. The second-order valence-corrected chi connectivity index (χ2v) is 7.31. The van der Waals surface area contributed by atoms with E-state index >= 15 is 0 Å². The van der Waals surface area contributed by atoms with Crippen molar-refractivity contribution in [2.75, 3.05) is 0 Å². The maximum Gasteiger partial charge on any atom is 0.514 e. The molecule has 0 aliphatic carbocycles.